The van der Waals surface area contributed by atoms with Crippen LogP contribution in [0.1, 0.15) is 19.3 Å². The maximum atomic E-state index is 12.5. The summed E-state index contributed by atoms with van der Waals surface area (Å²) in [5, 5.41) is 2.80. The Balaban J connectivity index is 1.17. The molecule has 3 aliphatic carbocycles. The first-order valence-corrected chi connectivity index (χ1v) is 9.53. The van der Waals surface area contributed by atoms with Crippen LogP contribution >= 0.6 is 0 Å². The zero-order valence-electron chi connectivity index (χ0n) is 15.8. The second-order valence-electron chi connectivity index (χ2n) is 7.84. The summed E-state index contributed by atoms with van der Waals surface area (Å²) < 4.78 is 22.0. The SMILES string of the molecule is COC12CC(C(=O)Nc3cnc(Oc4ccc(N5CCOCC5)cc4)o3)(C1)C2. The van der Waals surface area contributed by atoms with Gasteiger partial charge in [0.15, 0.2) is 0 Å². The molecule has 0 spiro atoms. The van der Waals surface area contributed by atoms with E-state index in [0.717, 1.165) is 51.3 Å². The second kappa shape index (κ2) is 6.49. The fourth-order valence-electron chi connectivity index (χ4n) is 4.41. The molecule has 4 fully saturated rings. The van der Waals surface area contributed by atoms with Crippen LogP contribution in [0.4, 0.5) is 11.6 Å². The predicted molar refractivity (Wildman–Crippen MR) is 101 cm³/mol. The van der Waals surface area contributed by atoms with E-state index in [1.807, 2.05) is 24.3 Å². The lowest BCUT2D eigenvalue weighted by molar-refractivity contribution is -0.260. The molecule has 0 radical (unpaired) electrons. The van der Waals surface area contributed by atoms with Crippen LogP contribution in [-0.2, 0) is 14.3 Å². The van der Waals surface area contributed by atoms with Crippen molar-refractivity contribution < 1.29 is 23.4 Å². The van der Waals surface area contributed by atoms with Crippen LogP contribution < -0.4 is 15.0 Å². The first-order chi connectivity index (χ1) is 13.6. The molecule has 148 valence electrons. The number of methoxy groups -OCH3 is 1. The van der Waals surface area contributed by atoms with E-state index >= 15 is 0 Å². The van der Waals surface area contributed by atoms with Gasteiger partial charge in [0.05, 0.1) is 30.4 Å². The molecule has 1 aromatic carbocycles. The molecule has 1 amide bonds. The molecular weight excluding hydrogens is 362 g/mol. The number of morpholine rings is 1. The van der Waals surface area contributed by atoms with Crippen LogP contribution in [0.5, 0.6) is 11.8 Å². The number of hydrogen-bond acceptors (Lipinski definition) is 7. The Kier molecular flexibility index (Phi) is 4.06. The quantitative estimate of drug-likeness (QED) is 0.818. The maximum absolute atomic E-state index is 12.5. The van der Waals surface area contributed by atoms with Crippen molar-refractivity contribution in [2.45, 2.75) is 24.9 Å². The first-order valence-electron chi connectivity index (χ1n) is 9.53. The number of benzene rings is 1. The minimum atomic E-state index is -0.306. The van der Waals surface area contributed by atoms with E-state index in [4.69, 9.17) is 18.6 Å². The average molecular weight is 385 g/mol. The lowest BCUT2D eigenvalue weighted by atomic mass is 9.41. The molecule has 0 atom stereocenters. The van der Waals surface area contributed by atoms with E-state index in [-0.39, 0.29) is 23.0 Å². The molecule has 6 rings (SSSR count). The molecule has 1 aliphatic heterocycles. The Morgan fingerprint density at radius 3 is 2.57 bits per heavy atom. The molecule has 3 saturated carbocycles. The highest BCUT2D eigenvalue weighted by atomic mass is 16.6. The van der Waals surface area contributed by atoms with Crippen molar-refractivity contribution in [1.82, 2.24) is 4.98 Å². The third kappa shape index (κ3) is 2.93. The summed E-state index contributed by atoms with van der Waals surface area (Å²) in [5.41, 5.74) is 0.753. The number of rotatable bonds is 6. The topological polar surface area (TPSA) is 86.1 Å². The first kappa shape index (κ1) is 17.5. The number of nitrogens with one attached hydrogen (secondary N) is 1. The van der Waals surface area contributed by atoms with Crippen molar-refractivity contribution in [2.75, 3.05) is 43.6 Å². The van der Waals surface area contributed by atoms with Crippen LogP contribution in [0.2, 0.25) is 0 Å². The van der Waals surface area contributed by atoms with Gasteiger partial charge in [-0.05, 0) is 43.5 Å². The second-order valence-corrected chi connectivity index (χ2v) is 7.84. The van der Waals surface area contributed by atoms with Gasteiger partial charge in [-0.25, -0.2) is 0 Å². The van der Waals surface area contributed by atoms with Crippen molar-refractivity contribution in [3.63, 3.8) is 0 Å². The minimum Gasteiger partial charge on any atom is -0.411 e. The zero-order valence-corrected chi connectivity index (χ0v) is 15.8. The molecular formula is C20H23N3O5. The Labute approximate surface area is 162 Å². The third-order valence-corrected chi connectivity index (χ3v) is 6.04. The van der Waals surface area contributed by atoms with Crippen LogP contribution in [-0.4, -0.2) is 49.9 Å². The van der Waals surface area contributed by atoms with E-state index in [1.165, 1.54) is 6.20 Å². The Hall–Kier alpha value is -2.58. The summed E-state index contributed by atoms with van der Waals surface area (Å²) >= 11 is 0. The zero-order chi connectivity index (χ0) is 19.2. The number of nitrogens with zero attached hydrogens (tertiary/aromatic N) is 2. The van der Waals surface area contributed by atoms with E-state index < -0.39 is 0 Å². The fraction of sp³-hybridized carbons (Fsp3) is 0.500. The van der Waals surface area contributed by atoms with Crippen molar-refractivity contribution in [1.29, 1.82) is 0 Å². The Morgan fingerprint density at radius 2 is 1.89 bits per heavy atom. The number of amides is 1. The van der Waals surface area contributed by atoms with Gasteiger partial charge in [-0.2, -0.15) is 4.98 Å². The Morgan fingerprint density at radius 1 is 1.18 bits per heavy atom. The van der Waals surface area contributed by atoms with Crippen molar-refractivity contribution in [3.05, 3.63) is 30.5 Å². The lowest BCUT2D eigenvalue weighted by Crippen LogP contribution is -2.72. The Bertz CT molecular complexity index is 852. The molecule has 2 heterocycles. The van der Waals surface area contributed by atoms with Gasteiger partial charge >= 0.3 is 6.08 Å². The highest BCUT2D eigenvalue weighted by Crippen LogP contribution is 2.69. The number of anilines is 2. The van der Waals surface area contributed by atoms with Crippen molar-refractivity contribution in [2.24, 2.45) is 5.41 Å². The summed E-state index contributed by atoms with van der Waals surface area (Å²) in [7, 11) is 1.70. The molecule has 8 nitrogen and oxygen atoms in total. The van der Waals surface area contributed by atoms with E-state index in [2.05, 4.69) is 15.2 Å². The lowest BCUT2D eigenvalue weighted by Gasteiger charge is -2.67. The largest absolute Gasteiger partial charge is 0.411 e. The van der Waals surface area contributed by atoms with Gasteiger partial charge in [-0.1, -0.05) is 0 Å². The number of ether oxygens (including phenoxy) is 3. The van der Waals surface area contributed by atoms with Gasteiger partial charge in [0.25, 0.3) is 0 Å². The van der Waals surface area contributed by atoms with Gasteiger partial charge in [0, 0.05) is 25.9 Å². The number of hydrogen-bond donors (Lipinski definition) is 1. The molecule has 28 heavy (non-hydrogen) atoms. The van der Waals surface area contributed by atoms with E-state index in [1.54, 1.807) is 7.11 Å². The van der Waals surface area contributed by atoms with E-state index in [9.17, 15) is 4.79 Å². The molecule has 8 heteroatoms. The summed E-state index contributed by atoms with van der Waals surface area (Å²) in [5.74, 6) is 0.878. The highest BCUT2D eigenvalue weighted by molar-refractivity contribution is 5.97. The number of aromatic nitrogens is 1. The van der Waals surface area contributed by atoms with Crippen molar-refractivity contribution in [3.8, 4) is 11.8 Å². The third-order valence-electron chi connectivity index (χ3n) is 6.04. The van der Waals surface area contributed by atoms with Gasteiger partial charge < -0.3 is 23.5 Å². The number of oxazole rings is 1. The van der Waals surface area contributed by atoms with Crippen LogP contribution in [0.25, 0.3) is 0 Å². The van der Waals surface area contributed by atoms with Gasteiger partial charge in [-0.3, -0.25) is 10.1 Å². The summed E-state index contributed by atoms with van der Waals surface area (Å²) in [6.07, 6.45) is 3.88. The summed E-state index contributed by atoms with van der Waals surface area (Å²) in [6.45, 7) is 3.26. The molecule has 1 N–H and O–H groups in total. The number of carbonyl (C=O) groups excluding carboxylic acids is 1. The predicted octanol–water partition coefficient (Wildman–Crippen LogP) is 2.81. The normalized spacial score (nSPS) is 28.2. The summed E-state index contributed by atoms with van der Waals surface area (Å²) in [6, 6.07) is 7.75. The smallest absolute Gasteiger partial charge is 0.401 e. The van der Waals surface area contributed by atoms with Crippen LogP contribution in [0, 0.1) is 5.41 Å². The highest BCUT2D eigenvalue weighted by Gasteiger charge is 2.72. The molecule has 0 unspecified atom stereocenters. The van der Waals surface area contributed by atoms with Crippen LogP contribution in [0.3, 0.4) is 0 Å². The molecule has 2 bridgehead atoms. The molecule has 1 saturated heterocycles. The van der Waals surface area contributed by atoms with Gasteiger partial charge in [-0.15, -0.1) is 0 Å². The fourth-order valence-corrected chi connectivity index (χ4v) is 4.41. The van der Waals surface area contributed by atoms with Crippen molar-refractivity contribution >= 4 is 17.5 Å². The average Bonchev–Trinajstić information content (AvgIpc) is 3.08. The number of carbonyl (C=O) groups is 1. The van der Waals surface area contributed by atoms with Crippen LogP contribution in [0.15, 0.2) is 34.9 Å². The van der Waals surface area contributed by atoms with E-state index in [0.29, 0.717) is 11.6 Å². The summed E-state index contributed by atoms with van der Waals surface area (Å²) in [4.78, 5) is 18.8. The maximum Gasteiger partial charge on any atom is 0.401 e. The standard InChI is InChI=1S/C20H23N3O5/c1-25-20-11-19(12-20,13-20)17(24)22-16-10-21-18(28-16)27-15-4-2-14(3-5-15)23-6-8-26-9-7-23/h2-5,10H,6-9,11-13H2,1H3,(H,22,24). The van der Waals surface area contributed by atoms with Gasteiger partial charge in [0.1, 0.15) is 5.75 Å². The van der Waals surface area contributed by atoms with Gasteiger partial charge in [0.2, 0.25) is 11.8 Å². The minimum absolute atomic E-state index is 0.0380. The monoisotopic (exact) mass is 385 g/mol. The molecule has 4 aliphatic rings. The molecule has 1 aromatic heterocycles. The molecule has 2 aromatic rings.